The molecule has 0 saturated heterocycles. The van der Waals surface area contributed by atoms with Gasteiger partial charge in [0, 0.05) is 10.9 Å². The zero-order chi connectivity index (χ0) is 10.6. The van der Waals surface area contributed by atoms with E-state index in [4.69, 9.17) is 0 Å². The van der Waals surface area contributed by atoms with Gasteiger partial charge in [-0.3, -0.25) is 0 Å². The van der Waals surface area contributed by atoms with Gasteiger partial charge in [0.05, 0.1) is 4.47 Å². The maximum Gasteiger partial charge on any atom is 0.138 e. The Morgan fingerprint density at radius 2 is 1.86 bits per heavy atom. The van der Waals surface area contributed by atoms with E-state index in [1.807, 2.05) is 0 Å². The van der Waals surface area contributed by atoms with E-state index in [-0.39, 0.29) is 10.0 Å². The van der Waals surface area contributed by atoms with Gasteiger partial charge in [-0.05, 0) is 34.5 Å². The average molecular weight is 326 g/mol. The van der Waals surface area contributed by atoms with Crippen LogP contribution in [-0.4, -0.2) is 5.33 Å². The number of benzene rings is 1. The summed E-state index contributed by atoms with van der Waals surface area (Å²) in [5.74, 6) is -0.881. The quantitative estimate of drug-likeness (QED) is 0.566. The van der Waals surface area contributed by atoms with Crippen LogP contribution in [0.4, 0.5) is 8.78 Å². The lowest BCUT2D eigenvalue weighted by atomic mass is 10.2. The molecule has 1 aromatic carbocycles. The van der Waals surface area contributed by atoms with Crippen molar-refractivity contribution in [1.82, 2.24) is 0 Å². The van der Waals surface area contributed by atoms with Crippen molar-refractivity contribution >= 4 is 37.9 Å². The zero-order valence-electron chi connectivity index (χ0n) is 7.24. The highest BCUT2D eigenvalue weighted by Crippen LogP contribution is 2.24. The van der Waals surface area contributed by atoms with Crippen LogP contribution in [0.1, 0.15) is 12.0 Å². The van der Waals surface area contributed by atoms with E-state index in [0.717, 1.165) is 23.9 Å². The van der Waals surface area contributed by atoms with Crippen LogP contribution in [0.3, 0.4) is 0 Å². The molecule has 0 aliphatic heterocycles. The molecule has 0 unspecified atom stereocenters. The van der Waals surface area contributed by atoms with Crippen molar-refractivity contribution in [2.45, 2.75) is 6.42 Å². The first-order valence-corrected chi connectivity index (χ1v) is 5.94. The molecule has 1 aromatic rings. The van der Waals surface area contributed by atoms with Gasteiger partial charge < -0.3 is 0 Å². The number of allylic oxidation sites excluding steroid dienone is 1. The summed E-state index contributed by atoms with van der Waals surface area (Å²) < 4.78 is 26.4. The molecule has 76 valence electrons. The molecule has 0 fully saturated rings. The number of hydrogen-bond acceptors (Lipinski definition) is 0. The summed E-state index contributed by atoms with van der Waals surface area (Å²) >= 11 is 6.25. The summed E-state index contributed by atoms with van der Waals surface area (Å²) in [7, 11) is 0. The van der Waals surface area contributed by atoms with Gasteiger partial charge in [0.1, 0.15) is 11.6 Å². The van der Waals surface area contributed by atoms with Gasteiger partial charge in [0.25, 0.3) is 0 Å². The highest BCUT2D eigenvalue weighted by Gasteiger charge is 2.07. The topological polar surface area (TPSA) is 0 Å². The summed E-state index contributed by atoms with van der Waals surface area (Å²) in [5.41, 5.74) is 0.256. The minimum absolute atomic E-state index is 0.170. The van der Waals surface area contributed by atoms with Crippen LogP contribution in [0.25, 0.3) is 6.08 Å². The summed E-state index contributed by atoms with van der Waals surface area (Å²) in [6, 6.07) is 2.22. The molecule has 0 atom stereocenters. The van der Waals surface area contributed by atoms with Gasteiger partial charge in [0.15, 0.2) is 0 Å². The predicted molar refractivity (Wildman–Crippen MR) is 61.5 cm³/mol. The van der Waals surface area contributed by atoms with Crippen molar-refractivity contribution in [3.05, 3.63) is 39.9 Å². The highest BCUT2D eigenvalue weighted by atomic mass is 79.9. The van der Waals surface area contributed by atoms with Gasteiger partial charge in [-0.1, -0.05) is 28.1 Å². The molecule has 0 N–H and O–H groups in total. The van der Waals surface area contributed by atoms with Crippen molar-refractivity contribution in [3.63, 3.8) is 0 Å². The van der Waals surface area contributed by atoms with E-state index in [1.165, 1.54) is 0 Å². The summed E-state index contributed by atoms with van der Waals surface area (Å²) in [4.78, 5) is 0. The average Bonchev–Trinajstić information content (AvgIpc) is 2.18. The molecule has 0 spiro atoms. The van der Waals surface area contributed by atoms with Gasteiger partial charge in [-0.2, -0.15) is 0 Å². The summed E-state index contributed by atoms with van der Waals surface area (Å²) in [6.45, 7) is 0. The molecular weight excluding hydrogens is 318 g/mol. The first-order chi connectivity index (χ1) is 6.66. The van der Waals surface area contributed by atoms with Gasteiger partial charge in [-0.15, -0.1) is 0 Å². The van der Waals surface area contributed by atoms with E-state index in [1.54, 1.807) is 12.2 Å². The maximum absolute atomic E-state index is 13.2. The Labute approximate surface area is 98.3 Å². The minimum Gasteiger partial charge on any atom is -0.206 e. The molecule has 4 heteroatoms. The highest BCUT2D eigenvalue weighted by molar-refractivity contribution is 9.10. The predicted octanol–water partition coefficient (Wildman–Crippen LogP) is 4.53. The standard InChI is InChI=1S/C10H8Br2F2/c11-6-2-1-3-7-8(13)4-5-9(14)10(7)12/h1,3-5H,2,6H2/b3-1+. The van der Waals surface area contributed by atoms with Crippen LogP contribution >= 0.6 is 31.9 Å². The molecule has 0 aromatic heterocycles. The van der Waals surface area contributed by atoms with Crippen LogP contribution in [0.15, 0.2) is 22.7 Å². The van der Waals surface area contributed by atoms with E-state index in [9.17, 15) is 8.78 Å². The van der Waals surface area contributed by atoms with Gasteiger partial charge in [-0.25, -0.2) is 8.78 Å². The van der Waals surface area contributed by atoms with Crippen LogP contribution in [0.5, 0.6) is 0 Å². The Morgan fingerprint density at radius 1 is 1.21 bits per heavy atom. The van der Waals surface area contributed by atoms with Crippen molar-refractivity contribution < 1.29 is 8.78 Å². The Bertz CT molecular complexity index is 348. The molecule has 0 heterocycles. The Morgan fingerprint density at radius 3 is 2.50 bits per heavy atom. The maximum atomic E-state index is 13.2. The molecule has 14 heavy (non-hydrogen) atoms. The Kier molecular flexibility index (Phi) is 4.75. The van der Waals surface area contributed by atoms with Crippen molar-refractivity contribution in [3.8, 4) is 0 Å². The molecule has 0 bridgehead atoms. The number of alkyl halides is 1. The lowest BCUT2D eigenvalue weighted by Gasteiger charge is -2.01. The van der Waals surface area contributed by atoms with Gasteiger partial charge in [0.2, 0.25) is 0 Å². The molecule has 0 aliphatic rings. The zero-order valence-corrected chi connectivity index (χ0v) is 10.4. The molecule has 1 rings (SSSR count). The molecule has 0 nitrogen and oxygen atoms in total. The first-order valence-electron chi connectivity index (χ1n) is 4.03. The smallest absolute Gasteiger partial charge is 0.138 e. The fourth-order valence-electron chi connectivity index (χ4n) is 0.960. The minimum atomic E-state index is -0.454. The van der Waals surface area contributed by atoms with Crippen molar-refractivity contribution in [1.29, 1.82) is 0 Å². The fourth-order valence-corrected chi connectivity index (χ4v) is 1.68. The van der Waals surface area contributed by atoms with Gasteiger partial charge >= 0.3 is 0 Å². The van der Waals surface area contributed by atoms with E-state index in [2.05, 4.69) is 31.9 Å². The number of halogens is 4. The number of hydrogen-bond donors (Lipinski definition) is 0. The third-order valence-corrected chi connectivity index (χ3v) is 2.90. The van der Waals surface area contributed by atoms with E-state index < -0.39 is 11.6 Å². The van der Waals surface area contributed by atoms with Crippen LogP contribution in [0, 0.1) is 11.6 Å². The fraction of sp³-hybridized carbons (Fsp3) is 0.200. The Balaban J connectivity index is 3.00. The SMILES string of the molecule is Fc1ccc(F)c(/C=C/CCBr)c1Br. The second kappa shape index (κ2) is 5.61. The second-order valence-corrected chi connectivity index (χ2v) is 4.22. The Hall–Kier alpha value is -0.220. The van der Waals surface area contributed by atoms with E-state index in [0.29, 0.717) is 0 Å². The summed E-state index contributed by atoms with van der Waals surface area (Å²) in [6.07, 6.45) is 4.14. The molecule has 0 aliphatic carbocycles. The van der Waals surface area contributed by atoms with Crippen molar-refractivity contribution in [2.75, 3.05) is 5.33 Å². The molecule has 0 radical (unpaired) electrons. The van der Waals surface area contributed by atoms with Crippen LogP contribution < -0.4 is 0 Å². The monoisotopic (exact) mass is 324 g/mol. The number of rotatable bonds is 3. The lowest BCUT2D eigenvalue weighted by Crippen LogP contribution is -1.88. The normalized spacial score (nSPS) is 11.1. The molecule has 0 amide bonds. The molecular formula is C10H8Br2F2. The summed E-state index contributed by atoms with van der Waals surface area (Å²) in [5, 5.41) is 0.804. The van der Waals surface area contributed by atoms with Crippen molar-refractivity contribution in [2.24, 2.45) is 0 Å². The third kappa shape index (κ3) is 2.89. The third-order valence-electron chi connectivity index (χ3n) is 1.64. The lowest BCUT2D eigenvalue weighted by molar-refractivity contribution is 0.592. The second-order valence-electron chi connectivity index (χ2n) is 2.64. The largest absolute Gasteiger partial charge is 0.206 e. The van der Waals surface area contributed by atoms with E-state index >= 15 is 0 Å². The molecule has 0 saturated carbocycles. The first kappa shape index (κ1) is 11.9. The van der Waals surface area contributed by atoms with Crippen LogP contribution in [0.2, 0.25) is 0 Å². The van der Waals surface area contributed by atoms with Crippen LogP contribution in [-0.2, 0) is 0 Å².